The fraction of sp³-hybridized carbons (Fsp3) is 0.727. The third-order valence-electron chi connectivity index (χ3n) is 4.97. The Hall–Kier alpha value is -1.32. The Morgan fingerprint density at radius 2 is 1.06 bits per heavy atom. The molecule has 202 valence electrons. The van der Waals surface area contributed by atoms with E-state index < -0.39 is 0 Å². The summed E-state index contributed by atoms with van der Waals surface area (Å²) in [6, 6.07) is 0. The SMILES string of the molecule is CCCCNc1nc(SCNCCCCCCNCSc2nc(NCCCC)[nH]c(=S)n2)nc(=S)[nH]1. The van der Waals surface area contributed by atoms with Crippen LogP contribution in [0.15, 0.2) is 10.3 Å². The van der Waals surface area contributed by atoms with Gasteiger partial charge in [0.25, 0.3) is 0 Å². The van der Waals surface area contributed by atoms with Crippen molar-refractivity contribution in [1.82, 2.24) is 40.5 Å². The van der Waals surface area contributed by atoms with E-state index in [1.54, 1.807) is 23.5 Å². The van der Waals surface area contributed by atoms with Gasteiger partial charge in [0.05, 0.1) is 0 Å². The largest absolute Gasteiger partial charge is 0.356 e. The third kappa shape index (κ3) is 14.4. The average Bonchev–Trinajstić information content (AvgIpc) is 2.84. The Bertz CT molecular complexity index is 891. The summed E-state index contributed by atoms with van der Waals surface area (Å²) in [6.07, 6.45) is 9.18. The quantitative estimate of drug-likeness (QED) is 0.0499. The second-order valence-corrected chi connectivity index (χ2v) is 10.8. The molecular formula is C22H40N10S4. The molecule has 2 aromatic heterocycles. The predicted octanol–water partition coefficient (Wildman–Crippen LogP) is 5.34. The molecule has 0 unspecified atom stereocenters. The van der Waals surface area contributed by atoms with Crippen LogP contribution in [0.1, 0.15) is 65.2 Å². The van der Waals surface area contributed by atoms with Gasteiger partial charge < -0.3 is 31.2 Å². The van der Waals surface area contributed by atoms with Crippen LogP contribution >= 0.6 is 48.0 Å². The van der Waals surface area contributed by atoms with Gasteiger partial charge in [-0.25, -0.2) is 0 Å². The summed E-state index contributed by atoms with van der Waals surface area (Å²) in [7, 11) is 0. The second-order valence-electron chi connectivity index (χ2n) is 8.12. The van der Waals surface area contributed by atoms with Crippen LogP contribution in [-0.4, -0.2) is 67.8 Å². The van der Waals surface area contributed by atoms with Crippen molar-refractivity contribution in [1.29, 1.82) is 0 Å². The van der Waals surface area contributed by atoms with Crippen molar-refractivity contribution in [2.24, 2.45) is 0 Å². The molecule has 0 bridgehead atoms. The zero-order valence-corrected chi connectivity index (χ0v) is 24.6. The summed E-state index contributed by atoms with van der Waals surface area (Å²) in [5.41, 5.74) is 0. The van der Waals surface area contributed by atoms with E-state index >= 15 is 0 Å². The minimum atomic E-state index is 0.461. The highest BCUT2D eigenvalue weighted by Gasteiger charge is 2.03. The number of hydrogen-bond donors (Lipinski definition) is 6. The number of anilines is 2. The molecule has 0 aromatic carbocycles. The van der Waals surface area contributed by atoms with Gasteiger partial charge in [-0.05, 0) is 63.2 Å². The van der Waals surface area contributed by atoms with E-state index in [2.05, 4.69) is 65.0 Å². The van der Waals surface area contributed by atoms with E-state index in [4.69, 9.17) is 24.4 Å². The summed E-state index contributed by atoms with van der Waals surface area (Å²) in [6.45, 7) is 8.05. The van der Waals surface area contributed by atoms with Crippen LogP contribution < -0.4 is 21.3 Å². The van der Waals surface area contributed by atoms with Crippen molar-refractivity contribution in [3.8, 4) is 0 Å². The Balaban J connectivity index is 1.47. The highest BCUT2D eigenvalue weighted by Crippen LogP contribution is 2.13. The van der Waals surface area contributed by atoms with Gasteiger partial charge in [0.15, 0.2) is 10.3 Å². The van der Waals surface area contributed by atoms with Crippen LogP contribution in [0.3, 0.4) is 0 Å². The first-order chi connectivity index (χ1) is 17.6. The molecule has 0 amide bonds. The number of rotatable bonds is 21. The van der Waals surface area contributed by atoms with E-state index in [0.29, 0.717) is 31.8 Å². The van der Waals surface area contributed by atoms with Crippen molar-refractivity contribution < 1.29 is 0 Å². The molecule has 2 heterocycles. The average molecular weight is 573 g/mol. The van der Waals surface area contributed by atoms with Gasteiger partial charge in [0.1, 0.15) is 0 Å². The van der Waals surface area contributed by atoms with Crippen molar-refractivity contribution in [3.63, 3.8) is 0 Å². The van der Waals surface area contributed by atoms with E-state index in [1.165, 1.54) is 12.8 Å². The lowest BCUT2D eigenvalue weighted by Crippen LogP contribution is -2.16. The van der Waals surface area contributed by atoms with Crippen LogP contribution in [0.4, 0.5) is 11.9 Å². The zero-order chi connectivity index (χ0) is 25.8. The number of aromatic nitrogens is 6. The maximum atomic E-state index is 5.20. The molecule has 0 aliphatic carbocycles. The number of nitrogens with one attached hydrogen (secondary N) is 6. The number of unbranched alkanes of at least 4 members (excludes halogenated alkanes) is 5. The summed E-state index contributed by atoms with van der Waals surface area (Å²) in [5, 5.41) is 14.8. The Labute approximate surface area is 233 Å². The highest BCUT2D eigenvalue weighted by molar-refractivity contribution is 7.99. The monoisotopic (exact) mass is 572 g/mol. The lowest BCUT2D eigenvalue weighted by Gasteiger charge is -2.08. The maximum absolute atomic E-state index is 5.20. The molecule has 14 heteroatoms. The van der Waals surface area contributed by atoms with E-state index in [0.717, 1.165) is 76.5 Å². The number of hydrogen-bond acceptors (Lipinski definition) is 12. The van der Waals surface area contributed by atoms with Gasteiger partial charge in [-0.15, -0.1) is 0 Å². The first kappa shape index (κ1) is 30.9. The predicted molar refractivity (Wildman–Crippen MR) is 157 cm³/mol. The number of thioether (sulfide) groups is 2. The summed E-state index contributed by atoms with van der Waals surface area (Å²) < 4.78 is 0.921. The summed E-state index contributed by atoms with van der Waals surface area (Å²) >= 11 is 13.6. The van der Waals surface area contributed by atoms with Gasteiger partial charge in [0, 0.05) is 24.8 Å². The molecule has 2 aromatic rings. The molecular weight excluding hydrogens is 533 g/mol. The van der Waals surface area contributed by atoms with Crippen molar-refractivity contribution in [2.45, 2.75) is 75.5 Å². The molecule has 0 aliphatic rings. The van der Waals surface area contributed by atoms with Crippen LogP contribution in [-0.2, 0) is 0 Å². The summed E-state index contributed by atoms with van der Waals surface area (Å²) in [4.78, 5) is 23.5. The third-order valence-corrected chi connectivity index (χ3v) is 6.93. The molecule has 10 nitrogen and oxygen atoms in total. The van der Waals surface area contributed by atoms with E-state index in [1.807, 2.05) is 0 Å². The number of aromatic amines is 2. The fourth-order valence-electron chi connectivity index (χ4n) is 3.02. The van der Waals surface area contributed by atoms with E-state index in [9.17, 15) is 0 Å². The summed E-state index contributed by atoms with van der Waals surface area (Å²) in [5.74, 6) is 2.93. The number of H-pyrrole nitrogens is 2. The normalized spacial score (nSPS) is 11.1. The minimum absolute atomic E-state index is 0.461. The lowest BCUT2D eigenvalue weighted by atomic mass is 10.2. The number of nitrogens with zero attached hydrogens (tertiary/aromatic N) is 4. The first-order valence-corrected chi connectivity index (χ1v) is 15.5. The molecule has 6 N–H and O–H groups in total. The molecule has 36 heavy (non-hydrogen) atoms. The van der Waals surface area contributed by atoms with Crippen molar-refractivity contribution in [3.05, 3.63) is 9.54 Å². The molecule has 0 saturated heterocycles. The van der Waals surface area contributed by atoms with Gasteiger partial charge in [-0.1, -0.05) is 63.1 Å². The standard InChI is InChI=1S/C22H40N10S4/c1-3-5-13-25-17-27-19(33)31-21(29-17)35-15-23-11-9-7-8-10-12-24-16-36-22-30-18(26-14-6-4-2)28-20(34)32-22/h23-24H,3-16H2,1-2H3,(H2,25,27,29,31,33)(H2,26,28,30,32,34). The van der Waals surface area contributed by atoms with E-state index in [-0.39, 0.29) is 0 Å². The minimum Gasteiger partial charge on any atom is -0.356 e. The van der Waals surface area contributed by atoms with Crippen molar-refractivity contribution in [2.75, 3.05) is 48.6 Å². The van der Waals surface area contributed by atoms with Gasteiger partial charge in [-0.3, -0.25) is 0 Å². The first-order valence-electron chi connectivity index (χ1n) is 12.7. The molecule has 0 radical (unpaired) electrons. The van der Waals surface area contributed by atoms with Crippen molar-refractivity contribution >= 4 is 59.9 Å². The molecule has 2 rings (SSSR count). The molecule has 0 spiro atoms. The zero-order valence-electron chi connectivity index (χ0n) is 21.3. The molecule has 0 saturated carbocycles. The second kappa shape index (κ2) is 19.7. The maximum Gasteiger partial charge on any atom is 0.204 e. The molecule has 0 aliphatic heterocycles. The van der Waals surface area contributed by atoms with Gasteiger partial charge >= 0.3 is 0 Å². The smallest absolute Gasteiger partial charge is 0.204 e. The van der Waals surface area contributed by atoms with Gasteiger partial charge in [0.2, 0.25) is 21.4 Å². The lowest BCUT2D eigenvalue weighted by molar-refractivity contribution is 0.594. The topological polar surface area (TPSA) is 131 Å². The fourth-order valence-corrected chi connectivity index (χ4v) is 4.88. The Morgan fingerprint density at radius 3 is 1.47 bits per heavy atom. The van der Waals surface area contributed by atoms with Crippen LogP contribution in [0.2, 0.25) is 0 Å². The van der Waals surface area contributed by atoms with Crippen LogP contribution in [0.5, 0.6) is 0 Å². The Kier molecular flexibility index (Phi) is 16.9. The Morgan fingerprint density at radius 1 is 0.611 bits per heavy atom. The van der Waals surface area contributed by atoms with Crippen LogP contribution in [0, 0.1) is 9.54 Å². The molecule has 0 atom stereocenters. The van der Waals surface area contributed by atoms with Gasteiger partial charge in [-0.2, -0.15) is 19.9 Å². The highest BCUT2D eigenvalue weighted by atomic mass is 32.2. The van der Waals surface area contributed by atoms with Crippen LogP contribution in [0.25, 0.3) is 0 Å². The molecule has 0 fully saturated rings.